The largest absolute Gasteiger partial charge is 0.496 e. The third-order valence-electron chi connectivity index (χ3n) is 3.50. The summed E-state index contributed by atoms with van der Waals surface area (Å²) in [4.78, 5) is 12.3. The van der Waals surface area contributed by atoms with E-state index in [1.165, 1.54) is 19.2 Å². The highest BCUT2D eigenvalue weighted by Crippen LogP contribution is 2.17. The van der Waals surface area contributed by atoms with Crippen molar-refractivity contribution in [2.45, 2.75) is 11.8 Å². The molecular weight excluding hydrogens is 356 g/mol. The summed E-state index contributed by atoms with van der Waals surface area (Å²) in [5, 5.41) is 2.66. The molecule has 0 aliphatic carbocycles. The summed E-state index contributed by atoms with van der Waals surface area (Å²) in [7, 11) is -2.17. The van der Waals surface area contributed by atoms with Crippen molar-refractivity contribution in [3.05, 3.63) is 54.1 Å². The molecule has 0 heterocycles. The third kappa shape index (κ3) is 5.21. The Morgan fingerprint density at radius 3 is 2.38 bits per heavy atom. The maximum absolute atomic E-state index is 12.2. The predicted octanol–water partition coefficient (Wildman–Crippen LogP) is 1.80. The van der Waals surface area contributed by atoms with Gasteiger partial charge < -0.3 is 14.8 Å². The molecule has 0 aliphatic heterocycles. The number of hydrogen-bond acceptors (Lipinski definition) is 5. The fraction of sp³-hybridized carbons (Fsp3) is 0.278. The first-order valence-corrected chi connectivity index (χ1v) is 9.60. The molecule has 1 amide bonds. The Morgan fingerprint density at radius 2 is 1.73 bits per heavy atom. The molecule has 7 nitrogen and oxygen atoms in total. The third-order valence-corrected chi connectivity index (χ3v) is 4.98. The second-order valence-corrected chi connectivity index (χ2v) is 7.03. The zero-order chi connectivity index (χ0) is 19.0. The minimum Gasteiger partial charge on any atom is -0.496 e. The van der Waals surface area contributed by atoms with Crippen molar-refractivity contribution in [1.82, 2.24) is 10.0 Å². The number of carbonyl (C=O) groups is 1. The zero-order valence-corrected chi connectivity index (χ0v) is 15.5. The predicted molar refractivity (Wildman–Crippen MR) is 98.1 cm³/mol. The molecular formula is C18H22N2O5S. The molecule has 2 rings (SSSR count). The van der Waals surface area contributed by atoms with Crippen molar-refractivity contribution >= 4 is 15.9 Å². The Balaban J connectivity index is 1.87. The Kier molecular flexibility index (Phi) is 6.99. The van der Waals surface area contributed by atoms with Gasteiger partial charge in [-0.2, -0.15) is 0 Å². The number of para-hydroxylation sites is 1. The number of carbonyl (C=O) groups excluding carboxylic acids is 1. The number of methoxy groups -OCH3 is 1. The molecule has 0 saturated carbocycles. The zero-order valence-electron chi connectivity index (χ0n) is 14.7. The van der Waals surface area contributed by atoms with Gasteiger partial charge in [0.1, 0.15) is 11.5 Å². The van der Waals surface area contributed by atoms with Gasteiger partial charge in [0.25, 0.3) is 5.91 Å². The van der Waals surface area contributed by atoms with E-state index in [1.807, 2.05) is 6.92 Å². The number of ether oxygens (including phenoxy) is 2. The summed E-state index contributed by atoms with van der Waals surface area (Å²) >= 11 is 0. The minimum atomic E-state index is -3.65. The maximum Gasteiger partial charge on any atom is 0.255 e. The lowest BCUT2D eigenvalue weighted by atomic mass is 10.2. The summed E-state index contributed by atoms with van der Waals surface area (Å²) in [5.74, 6) is 0.734. The van der Waals surface area contributed by atoms with Gasteiger partial charge in [0.15, 0.2) is 0 Å². The molecule has 0 atom stereocenters. The summed E-state index contributed by atoms with van der Waals surface area (Å²) in [5.41, 5.74) is 0.393. The first-order valence-electron chi connectivity index (χ1n) is 8.11. The molecule has 0 spiro atoms. The lowest BCUT2D eigenvalue weighted by Crippen LogP contribution is -2.34. The summed E-state index contributed by atoms with van der Waals surface area (Å²) in [6.07, 6.45) is 0. The van der Waals surface area contributed by atoms with Crippen LogP contribution in [-0.2, 0) is 10.0 Å². The molecule has 2 aromatic rings. The van der Waals surface area contributed by atoms with Gasteiger partial charge in [-0.05, 0) is 43.3 Å². The van der Waals surface area contributed by atoms with Crippen molar-refractivity contribution in [2.24, 2.45) is 0 Å². The Hall–Kier alpha value is -2.58. The second-order valence-electron chi connectivity index (χ2n) is 5.26. The quantitative estimate of drug-likeness (QED) is 0.649. The fourth-order valence-electron chi connectivity index (χ4n) is 2.25. The van der Waals surface area contributed by atoms with Crippen molar-refractivity contribution in [2.75, 3.05) is 26.8 Å². The molecule has 0 aliphatic rings. The van der Waals surface area contributed by atoms with E-state index in [1.54, 1.807) is 36.4 Å². The van der Waals surface area contributed by atoms with Crippen molar-refractivity contribution < 1.29 is 22.7 Å². The van der Waals surface area contributed by atoms with E-state index in [2.05, 4.69) is 10.0 Å². The second kappa shape index (κ2) is 9.21. The topological polar surface area (TPSA) is 93.7 Å². The molecule has 0 unspecified atom stereocenters. The van der Waals surface area contributed by atoms with Gasteiger partial charge in [-0.3, -0.25) is 4.79 Å². The SMILES string of the molecule is CCOc1ccc(S(=O)(=O)NCCNC(=O)c2ccccc2OC)cc1. The summed E-state index contributed by atoms with van der Waals surface area (Å²) in [6, 6.07) is 13.0. The van der Waals surface area contributed by atoms with E-state index in [0.717, 1.165) is 0 Å². The fourth-order valence-corrected chi connectivity index (χ4v) is 3.29. The molecule has 2 aromatic carbocycles. The van der Waals surface area contributed by atoms with Gasteiger partial charge in [0.05, 0.1) is 24.2 Å². The molecule has 0 fully saturated rings. The van der Waals surface area contributed by atoms with Crippen LogP contribution >= 0.6 is 0 Å². The summed E-state index contributed by atoms with van der Waals surface area (Å²) < 4.78 is 37.3. The van der Waals surface area contributed by atoms with E-state index in [9.17, 15) is 13.2 Å². The Labute approximate surface area is 153 Å². The average molecular weight is 378 g/mol. The van der Waals surface area contributed by atoms with Crippen LogP contribution in [0.5, 0.6) is 11.5 Å². The molecule has 8 heteroatoms. The standard InChI is InChI=1S/C18H22N2O5S/c1-3-25-14-8-10-15(11-9-14)26(22,23)20-13-12-19-18(21)16-6-4-5-7-17(16)24-2/h4-11,20H,3,12-13H2,1-2H3,(H,19,21). The maximum atomic E-state index is 12.2. The van der Waals surface area contributed by atoms with E-state index in [-0.39, 0.29) is 23.9 Å². The van der Waals surface area contributed by atoms with Crippen molar-refractivity contribution in [3.63, 3.8) is 0 Å². The highest BCUT2D eigenvalue weighted by Gasteiger charge is 2.14. The first kappa shape index (κ1) is 19.7. The highest BCUT2D eigenvalue weighted by atomic mass is 32.2. The van der Waals surface area contributed by atoms with E-state index in [0.29, 0.717) is 23.7 Å². The Bertz CT molecular complexity index is 835. The monoisotopic (exact) mass is 378 g/mol. The molecule has 0 saturated heterocycles. The van der Waals surface area contributed by atoms with E-state index in [4.69, 9.17) is 9.47 Å². The molecule has 2 N–H and O–H groups in total. The average Bonchev–Trinajstić information content (AvgIpc) is 2.65. The van der Waals surface area contributed by atoms with Gasteiger partial charge in [-0.25, -0.2) is 13.1 Å². The van der Waals surface area contributed by atoms with E-state index < -0.39 is 10.0 Å². The van der Waals surface area contributed by atoms with Crippen LogP contribution in [0, 0.1) is 0 Å². The Morgan fingerprint density at radius 1 is 1.04 bits per heavy atom. The molecule has 0 aromatic heterocycles. The van der Waals surface area contributed by atoms with Gasteiger partial charge in [-0.1, -0.05) is 12.1 Å². The normalized spacial score (nSPS) is 11.0. The number of sulfonamides is 1. The molecule has 0 radical (unpaired) electrons. The van der Waals surface area contributed by atoms with Crippen LogP contribution in [0.2, 0.25) is 0 Å². The van der Waals surface area contributed by atoms with Gasteiger partial charge in [0, 0.05) is 13.1 Å². The van der Waals surface area contributed by atoms with Crippen LogP contribution in [-0.4, -0.2) is 41.1 Å². The van der Waals surface area contributed by atoms with Crippen LogP contribution in [0.25, 0.3) is 0 Å². The molecule has 140 valence electrons. The smallest absolute Gasteiger partial charge is 0.255 e. The van der Waals surface area contributed by atoms with Crippen molar-refractivity contribution in [1.29, 1.82) is 0 Å². The van der Waals surface area contributed by atoms with Crippen LogP contribution in [0.4, 0.5) is 0 Å². The lowest BCUT2D eigenvalue weighted by molar-refractivity contribution is 0.0951. The van der Waals surface area contributed by atoms with Gasteiger partial charge >= 0.3 is 0 Å². The minimum absolute atomic E-state index is 0.0659. The number of rotatable bonds is 9. The summed E-state index contributed by atoms with van der Waals surface area (Å²) in [6.45, 7) is 2.57. The number of amides is 1. The van der Waals surface area contributed by atoms with Crippen LogP contribution < -0.4 is 19.5 Å². The first-order chi connectivity index (χ1) is 12.5. The van der Waals surface area contributed by atoms with Gasteiger partial charge in [0.2, 0.25) is 10.0 Å². The van der Waals surface area contributed by atoms with E-state index >= 15 is 0 Å². The van der Waals surface area contributed by atoms with Gasteiger partial charge in [-0.15, -0.1) is 0 Å². The number of benzene rings is 2. The van der Waals surface area contributed by atoms with Crippen LogP contribution in [0.15, 0.2) is 53.4 Å². The molecule has 0 bridgehead atoms. The number of nitrogens with one attached hydrogen (secondary N) is 2. The van der Waals surface area contributed by atoms with Crippen molar-refractivity contribution in [3.8, 4) is 11.5 Å². The van der Waals surface area contributed by atoms with Crippen LogP contribution in [0.1, 0.15) is 17.3 Å². The highest BCUT2D eigenvalue weighted by molar-refractivity contribution is 7.89. The number of hydrogen-bond donors (Lipinski definition) is 2. The van der Waals surface area contributed by atoms with Crippen LogP contribution in [0.3, 0.4) is 0 Å². The lowest BCUT2D eigenvalue weighted by Gasteiger charge is -2.10. The molecule has 26 heavy (non-hydrogen) atoms.